The van der Waals surface area contributed by atoms with Crippen molar-refractivity contribution >= 4 is 57.8 Å². The second-order valence-corrected chi connectivity index (χ2v) is 10.4. The molecule has 174 valence electrons. The second-order valence-electron chi connectivity index (χ2n) is 6.95. The van der Waals surface area contributed by atoms with Gasteiger partial charge in [-0.05, 0) is 34.5 Å². The van der Waals surface area contributed by atoms with Crippen LogP contribution in [0.5, 0.6) is 11.5 Å². The fourth-order valence-electron chi connectivity index (χ4n) is 3.15. The summed E-state index contributed by atoms with van der Waals surface area (Å²) in [5.41, 5.74) is 4.49. The minimum atomic E-state index is -0.233. The number of carbonyl (C=O) groups is 1. The lowest BCUT2D eigenvalue weighted by atomic mass is 10.1. The Hall–Kier alpha value is -3.08. The highest BCUT2D eigenvalue weighted by atomic mass is 32.2. The topological polar surface area (TPSA) is 85.7 Å². The largest absolute Gasteiger partial charge is 0.497 e. The number of nitrogens with zero attached hydrogens (tertiary/aromatic N) is 3. The summed E-state index contributed by atoms with van der Waals surface area (Å²) in [4.78, 5) is 12.2. The predicted octanol–water partition coefficient (Wildman–Crippen LogP) is 5.24. The van der Waals surface area contributed by atoms with Gasteiger partial charge in [-0.2, -0.15) is 5.10 Å². The van der Waals surface area contributed by atoms with Crippen LogP contribution in [0, 0.1) is 0 Å². The summed E-state index contributed by atoms with van der Waals surface area (Å²) in [6, 6.07) is 20.0. The van der Waals surface area contributed by atoms with E-state index in [1.807, 2.05) is 6.07 Å². The van der Waals surface area contributed by atoms with Gasteiger partial charge in [0.1, 0.15) is 11.5 Å². The fraction of sp³-hybridized carbons (Fsp3) is 0.167. The van der Waals surface area contributed by atoms with Crippen molar-refractivity contribution in [2.75, 3.05) is 20.0 Å². The first kappa shape index (κ1) is 24.1. The number of benzene rings is 3. The van der Waals surface area contributed by atoms with Crippen molar-refractivity contribution < 1.29 is 14.3 Å². The van der Waals surface area contributed by atoms with Crippen molar-refractivity contribution in [2.24, 2.45) is 5.10 Å². The molecule has 0 aliphatic rings. The smallest absolute Gasteiger partial charge is 0.250 e. The zero-order chi connectivity index (χ0) is 23.8. The van der Waals surface area contributed by atoms with Crippen molar-refractivity contribution in [3.8, 4) is 11.5 Å². The van der Waals surface area contributed by atoms with E-state index in [0.717, 1.165) is 14.4 Å². The number of ether oxygens (including phenoxy) is 2. The van der Waals surface area contributed by atoms with Gasteiger partial charge in [0.15, 0.2) is 8.68 Å². The summed E-state index contributed by atoms with van der Waals surface area (Å²) in [5, 5.41) is 14.9. The standard InChI is InChI=1S/C24H22N4O3S3/c1-30-19-10-11-21(31-2)18(12-19)13-25-26-22(29)15-33-24-28-27-23(34-24)32-14-17-8-5-7-16-6-3-4-9-20(16)17/h3-13H,14-15H2,1-2H3,(H,26,29). The van der Waals surface area contributed by atoms with E-state index in [4.69, 9.17) is 9.47 Å². The molecule has 0 aliphatic heterocycles. The molecule has 1 amide bonds. The molecule has 3 aromatic carbocycles. The summed E-state index contributed by atoms with van der Waals surface area (Å²) >= 11 is 4.47. The maximum atomic E-state index is 12.2. The van der Waals surface area contributed by atoms with Crippen LogP contribution < -0.4 is 14.9 Å². The SMILES string of the molecule is COc1ccc(OC)c(C=NNC(=O)CSc2nnc(SCc3cccc4ccccc34)s2)c1. The third-order valence-corrected chi connectivity index (χ3v) is 8.01. The predicted molar refractivity (Wildman–Crippen MR) is 139 cm³/mol. The molecule has 0 atom stereocenters. The van der Waals surface area contributed by atoms with E-state index in [1.54, 1.807) is 44.2 Å². The normalized spacial score (nSPS) is 11.1. The van der Waals surface area contributed by atoms with Gasteiger partial charge in [-0.3, -0.25) is 4.79 Å². The molecule has 4 rings (SSSR count). The number of methoxy groups -OCH3 is 2. The van der Waals surface area contributed by atoms with Gasteiger partial charge in [0.05, 0.1) is 26.2 Å². The van der Waals surface area contributed by atoms with Gasteiger partial charge in [0.25, 0.3) is 5.91 Å². The van der Waals surface area contributed by atoms with E-state index >= 15 is 0 Å². The molecular formula is C24H22N4O3S3. The van der Waals surface area contributed by atoms with Crippen LogP contribution in [-0.2, 0) is 10.5 Å². The zero-order valence-electron chi connectivity index (χ0n) is 18.6. The summed E-state index contributed by atoms with van der Waals surface area (Å²) in [6.45, 7) is 0. The Morgan fingerprint density at radius 1 is 1.03 bits per heavy atom. The Morgan fingerprint density at radius 2 is 1.82 bits per heavy atom. The Kier molecular flexibility index (Phi) is 8.40. The Balaban J connectivity index is 1.27. The molecular weight excluding hydrogens is 488 g/mol. The van der Waals surface area contributed by atoms with E-state index in [9.17, 15) is 4.79 Å². The average molecular weight is 511 g/mol. The first-order valence-electron chi connectivity index (χ1n) is 10.3. The van der Waals surface area contributed by atoms with E-state index in [-0.39, 0.29) is 11.7 Å². The first-order valence-corrected chi connectivity index (χ1v) is 13.0. The third-order valence-electron chi connectivity index (χ3n) is 4.78. The summed E-state index contributed by atoms with van der Waals surface area (Å²) in [6.07, 6.45) is 1.52. The fourth-order valence-corrected chi connectivity index (χ4v) is 5.96. The molecule has 0 saturated heterocycles. The number of fused-ring (bicyclic) bond motifs is 1. The van der Waals surface area contributed by atoms with Crippen LogP contribution in [-0.4, -0.2) is 42.3 Å². The van der Waals surface area contributed by atoms with Gasteiger partial charge in [-0.25, -0.2) is 5.43 Å². The Bertz CT molecular complexity index is 1300. The van der Waals surface area contributed by atoms with Crippen molar-refractivity contribution in [3.63, 3.8) is 0 Å². The molecule has 1 N–H and O–H groups in total. The summed E-state index contributed by atoms with van der Waals surface area (Å²) in [5.74, 6) is 2.08. The third kappa shape index (κ3) is 6.28. The number of nitrogens with one attached hydrogen (secondary N) is 1. The number of hydrogen-bond donors (Lipinski definition) is 1. The lowest BCUT2D eigenvalue weighted by molar-refractivity contribution is -0.118. The van der Waals surface area contributed by atoms with Gasteiger partial charge >= 0.3 is 0 Å². The molecule has 0 aliphatic carbocycles. The zero-order valence-corrected chi connectivity index (χ0v) is 21.0. The molecule has 0 fully saturated rings. The first-order chi connectivity index (χ1) is 16.7. The Labute approximate surface area is 210 Å². The van der Waals surface area contributed by atoms with Gasteiger partial charge in [0, 0.05) is 11.3 Å². The van der Waals surface area contributed by atoms with Crippen LogP contribution in [0.2, 0.25) is 0 Å². The minimum Gasteiger partial charge on any atom is -0.497 e. The summed E-state index contributed by atoms with van der Waals surface area (Å²) in [7, 11) is 3.16. The van der Waals surface area contributed by atoms with Crippen molar-refractivity contribution in [1.82, 2.24) is 15.6 Å². The molecule has 7 nitrogen and oxygen atoms in total. The van der Waals surface area contributed by atoms with E-state index in [0.29, 0.717) is 17.1 Å². The monoisotopic (exact) mass is 510 g/mol. The van der Waals surface area contributed by atoms with Crippen LogP contribution in [0.1, 0.15) is 11.1 Å². The maximum absolute atomic E-state index is 12.2. The Morgan fingerprint density at radius 3 is 2.65 bits per heavy atom. The van der Waals surface area contributed by atoms with E-state index in [2.05, 4.69) is 57.1 Å². The molecule has 34 heavy (non-hydrogen) atoms. The van der Waals surface area contributed by atoms with E-state index in [1.165, 1.54) is 45.6 Å². The number of carbonyl (C=O) groups excluding carboxylic acids is 1. The van der Waals surface area contributed by atoms with Crippen LogP contribution in [0.4, 0.5) is 0 Å². The highest BCUT2D eigenvalue weighted by molar-refractivity contribution is 8.03. The van der Waals surface area contributed by atoms with Crippen LogP contribution in [0.15, 0.2) is 74.4 Å². The van der Waals surface area contributed by atoms with Crippen LogP contribution in [0.3, 0.4) is 0 Å². The molecule has 10 heteroatoms. The van der Waals surface area contributed by atoms with Crippen molar-refractivity contribution in [2.45, 2.75) is 14.4 Å². The van der Waals surface area contributed by atoms with Crippen molar-refractivity contribution in [3.05, 3.63) is 71.8 Å². The number of hydrazone groups is 1. The number of hydrogen-bond acceptors (Lipinski definition) is 9. The molecule has 0 saturated carbocycles. The number of thioether (sulfide) groups is 2. The van der Waals surface area contributed by atoms with Crippen LogP contribution in [0.25, 0.3) is 10.8 Å². The molecule has 0 bridgehead atoms. The minimum absolute atomic E-state index is 0.190. The number of amides is 1. The lowest BCUT2D eigenvalue weighted by Crippen LogP contribution is -2.19. The lowest BCUT2D eigenvalue weighted by Gasteiger charge is -2.06. The quantitative estimate of drug-likeness (QED) is 0.177. The number of aromatic nitrogens is 2. The number of rotatable bonds is 10. The molecule has 0 unspecified atom stereocenters. The highest BCUT2D eigenvalue weighted by Gasteiger charge is 2.10. The van der Waals surface area contributed by atoms with Gasteiger partial charge in [0.2, 0.25) is 0 Å². The van der Waals surface area contributed by atoms with Gasteiger partial charge in [-0.1, -0.05) is 77.3 Å². The molecule has 4 aromatic rings. The van der Waals surface area contributed by atoms with Crippen molar-refractivity contribution in [1.29, 1.82) is 0 Å². The van der Waals surface area contributed by atoms with Crippen LogP contribution >= 0.6 is 34.9 Å². The maximum Gasteiger partial charge on any atom is 0.250 e. The highest BCUT2D eigenvalue weighted by Crippen LogP contribution is 2.32. The second kappa shape index (κ2) is 11.9. The molecule has 0 radical (unpaired) electrons. The van der Waals surface area contributed by atoms with Gasteiger partial charge in [-0.15, -0.1) is 10.2 Å². The van der Waals surface area contributed by atoms with E-state index < -0.39 is 0 Å². The molecule has 1 aromatic heterocycles. The molecule has 0 spiro atoms. The molecule has 1 heterocycles. The summed E-state index contributed by atoms with van der Waals surface area (Å²) < 4.78 is 12.1. The average Bonchev–Trinajstić information content (AvgIpc) is 3.34. The van der Waals surface area contributed by atoms with Gasteiger partial charge < -0.3 is 9.47 Å².